The highest BCUT2D eigenvalue weighted by Gasteiger charge is 2.32. The molecule has 116 valence electrons. The van der Waals surface area contributed by atoms with Gasteiger partial charge in [-0.15, -0.1) is 0 Å². The number of piperidine rings is 1. The molecule has 1 amide bonds. The van der Waals surface area contributed by atoms with Crippen molar-refractivity contribution >= 4 is 5.91 Å². The van der Waals surface area contributed by atoms with E-state index in [0.29, 0.717) is 19.8 Å². The van der Waals surface area contributed by atoms with Gasteiger partial charge in [0, 0.05) is 25.5 Å². The minimum Gasteiger partial charge on any atom is -0.470 e. The van der Waals surface area contributed by atoms with E-state index in [1.54, 1.807) is 0 Å². The van der Waals surface area contributed by atoms with Gasteiger partial charge in [0.15, 0.2) is 0 Å². The largest absolute Gasteiger partial charge is 0.470 e. The number of hydrogen-bond donors (Lipinski definition) is 0. The van der Waals surface area contributed by atoms with Gasteiger partial charge >= 0.3 is 0 Å². The summed E-state index contributed by atoms with van der Waals surface area (Å²) >= 11 is 0. The van der Waals surface area contributed by atoms with Crippen molar-refractivity contribution in [1.82, 2.24) is 14.9 Å². The highest BCUT2D eigenvalue weighted by Crippen LogP contribution is 2.22. The topological polar surface area (TPSA) is 88.3 Å². The zero-order valence-electron chi connectivity index (χ0n) is 12.3. The SMILES string of the molecule is N#Cc1nccnc1OC1CCCN(C(=O)C2CCOC2)C1. The van der Waals surface area contributed by atoms with Crippen molar-refractivity contribution in [1.29, 1.82) is 5.26 Å². The number of nitrogens with zero attached hydrogens (tertiary/aromatic N) is 4. The van der Waals surface area contributed by atoms with Crippen molar-refractivity contribution in [2.75, 3.05) is 26.3 Å². The molecule has 2 unspecified atom stereocenters. The molecule has 1 aromatic heterocycles. The standard InChI is InChI=1S/C15H18N4O3/c16-8-13-14(18-5-4-17-13)22-12-2-1-6-19(9-12)15(20)11-3-7-21-10-11/h4-5,11-12H,1-3,6-7,9-10H2. The third-order valence-corrected chi connectivity index (χ3v) is 4.02. The van der Waals surface area contributed by atoms with Crippen LogP contribution in [0.2, 0.25) is 0 Å². The van der Waals surface area contributed by atoms with E-state index in [9.17, 15) is 4.79 Å². The summed E-state index contributed by atoms with van der Waals surface area (Å²) in [5, 5.41) is 9.02. The maximum absolute atomic E-state index is 12.4. The van der Waals surface area contributed by atoms with Crippen LogP contribution in [0.1, 0.15) is 25.0 Å². The van der Waals surface area contributed by atoms with Crippen molar-refractivity contribution in [3.8, 4) is 11.9 Å². The van der Waals surface area contributed by atoms with E-state index in [4.69, 9.17) is 14.7 Å². The first-order chi connectivity index (χ1) is 10.8. The van der Waals surface area contributed by atoms with E-state index in [1.807, 2.05) is 11.0 Å². The first-order valence-corrected chi connectivity index (χ1v) is 7.52. The predicted octanol–water partition coefficient (Wildman–Crippen LogP) is 0.755. The van der Waals surface area contributed by atoms with Crippen LogP contribution in [-0.4, -0.2) is 53.2 Å². The van der Waals surface area contributed by atoms with Crippen molar-refractivity contribution in [2.45, 2.75) is 25.4 Å². The molecule has 2 fully saturated rings. The average Bonchev–Trinajstić information content (AvgIpc) is 3.09. The summed E-state index contributed by atoms with van der Waals surface area (Å²) in [7, 11) is 0. The average molecular weight is 302 g/mol. The summed E-state index contributed by atoms with van der Waals surface area (Å²) < 4.78 is 11.1. The van der Waals surface area contributed by atoms with Crippen LogP contribution in [0.15, 0.2) is 12.4 Å². The maximum Gasteiger partial charge on any atom is 0.251 e. The summed E-state index contributed by atoms with van der Waals surface area (Å²) in [6.07, 6.45) is 5.33. The van der Waals surface area contributed by atoms with Crippen LogP contribution in [0, 0.1) is 17.2 Å². The van der Waals surface area contributed by atoms with E-state index in [-0.39, 0.29) is 29.5 Å². The maximum atomic E-state index is 12.4. The molecule has 0 saturated carbocycles. The number of nitriles is 1. The molecule has 3 heterocycles. The molecule has 1 aromatic rings. The van der Waals surface area contributed by atoms with Gasteiger partial charge in [-0.05, 0) is 19.3 Å². The molecular formula is C15H18N4O3. The number of rotatable bonds is 3. The minimum absolute atomic E-state index is 0.0232. The molecule has 0 aliphatic carbocycles. The molecule has 7 nitrogen and oxygen atoms in total. The van der Waals surface area contributed by atoms with E-state index in [2.05, 4.69) is 9.97 Å². The zero-order chi connectivity index (χ0) is 15.4. The summed E-state index contributed by atoms with van der Waals surface area (Å²) in [5.41, 5.74) is 0.176. The molecule has 3 rings (SSSR count). The molecule has 2 atom stereocenters. The highest BCUT2D eigenvalue weighted by atomic mass is 16.5. The summed E-state index contributed by atoms with van der Waals surface area (Å²) in [4.78, 5) is 22.3. The lowest BCUT2D eigenvalue weighted by Crippen LogP contribution is -2.46. The van der Waals surface area contributed by atoms with Gasteiger partial charge in [0.25, 0.3) is 5.88 Å². The van der Waals surface area contributed by atoms with Crippen LogP contribution in [0.3, 0.4) is 0 Å². The summed E-state index contributed by atoms with van der Waals surface area (Å²) in [6, 6.07) is 1.97. The van der Waals surface area contributed by atoms with Gasteiger partial charge in [-0.2, -0.15) is 5.26 Å². The number of carbonyl (C=O) groups is 1. The number of amides is 1. The highest BCUT2D eigenvalue weighted by molar-refractivity contribution is 5.79. The van der Waals surface area contributed by atoms with E-state index >= 15 is 0 Å². The monoisotopic (exact) mass is 302 g/mol. The van der Waals surface area contributed by atoms with Gasteiger partial charge in [0.05, 0.1) is 19.1 Å². The number of hydrogen-bond acceptors (Lipinski definition) is 6. The van der Waals surface area contributed by atoms with Crippen LogP contribution < -0.4 is 4.74 Å². The molecule has 0 bridgehead atoms. The Bertz CT molecular complexity index is 580. The Balaban J connectivity index is 1.63. The number of ether oxygens (including phenoxy) is 2. The van der Waals surface area contributed by atoms with Crippen LogP contribution in [0.5, 0.6) is 5.88 Å². The van der Waals surface area contributed by atoms with Gasteiger partial charge < -0.3 is 14.4 Å². The Morgan fingerprint density at radius 2 is 2.27 bits per heavy atom. The first kappa shape index (κ1) is 14.7. The van der Waals surface area contributed by atoms with Crippen LogP contribution in [0.25, 0.3) is 0 Å². The van der Waals surface area contributed by atoms with Gasteiger partial charge in [-0.1, -0.05) is 0 Å². The Kier molecular flexibility index (Phi) is 4.49. The van der Waals surface area contributed by atoms with Gasteiger partial charge in [0.2, 0.25) is 11.6 Å². The fraction of sp³-hybridized carbons (Fsp3) is 0.600. The molecule has 7 heteroatoms. The second-order valence-electron chi connectivity index (χ2n) is 5.55. The second-order valence-corrected chi connectivity index (χ2v) is 5.55. The molecule has 0 N–H and O–H groups in total. The summed E-state index contributed by atoms with van der Waals surface area (Å²) in [6.45, 7) is 2.45. The quantitative estimate of drug-likeness (QED) is 0.819. The van der Waals surface area contributed by atoms with Crippen molar-refractivity contribution in [2.24, 2.45) is 5.92 Å². The number of likely N-dealkylation sites (tertiary alicyclic amines) is 1. The molecule has 2 aliphatic heterocycles. The lowest BCUT2D eigenvalue weighted by Gasteiger charge is -2.33. The Hall–Kier alpha value is -2.20. The normalized spacial score (nSPS) is 24.8. The van der Waals surface area contributed by atoms with Crippen LogP contribution in [0.4, 0.5) is 0 Å². The van der Waals surface area contributed by atoms with Gasteiger partial charge in [0.1, 0.15) is 12.2 Å². The number of aromatic nitrogens is 2. The van der Waals surface area contributed by atoms with Crippen molar-refractivity contribution < 1.29 is 14.3 Å². The lowest BCUT2D eigenvalue weighted by atomic mass is 10.0. The fourth-order valence-electron chi connectivity index (χ4n) is 2.87. The van der Waals surface area contributed by atoms with Gasteiger partial charge in [-0.25, -0.2) is 9.97 Å². The second kappa shape index (κ2) is 6.71. The lowest BCUT2D eigenvalue weighted by molar-refractivity contribution is -0.138. The third kappa shape index (κ3) is 3.17. The van der Waals surface area contributed by atoms with Crippen LogP contribution >= 0.6 is 0 Å². The summed E-state index contributed by atoms with van der Waals surface area (Å²) in [5.74, 6) is 0.365. The third-order valence-electron chi connectivity index (χ3n) is 4.02. The molecule has 0 spiro atoms. The fourth-order valence-corrected chi connectivity index (χ4v) is 2.87. The van der Waals surface area contributed by atoms with E-state index < -0.39 is 0 Å². The predicted molar refractivity (Wildman–Crippen MR) is 75.9 cm³/mol. The van der Waals surface area contributed by atoms with Gasteiger partial charge in [-0.3, -0.25) is 4.79 Å². The molecule has 0 radical (unpaired) electrons. The van der Waals surface area contributed by atoms with Crippen LogP contribution in [-0.2, 0) is 9.53 Å². The number of carbonyl (C=O) groups excluding carboxylic acids is 1. The van der Waals surface area contributed by atoms with E-state index in [1.165, 1.54) is 12.4 Å². The Morgan fingerprint density at radius 3 is 3.05 bits per heavy atom. The smallest absolute Gasteiger partial charge is 0.251 e. The molecule has 2 saturated heterocycles. The molecule has 0 aromatic carbocycles. The van der Waals surface area contributed by atoms with Crippen molar-refractivity contribution in [3.63, 3.8) is 0 Å². The molecule has 2 aliphatic rings. The molecule has 22 heavy (non-hydrogen) atoms. The zero-order valence-corrected chi connectivity index (χ0v) is 12.3. The molecular weight excluding hydrogens is 284 g/mol. The van der Waals surface area contributed by atoms with E-state index in [0.717, 1.165) is 25.8 Å². The Labute approximate surface area is 128 Å². The van der Waals surface area contributed by atoms with Crippen molar-refractivity contribution in [3.05, 3.63) is 18.1 Å². The minimum atomic E-state index is -0.149. The first-order valence-electron chi connectivity index (χ1n) is 7.52. The Morgan fingerprint density at radius 1 is 1.41 bits per heavy atom.